The lowest BCUT2D eigenvalue weighted by Gasteiger charge is -2.29. The zero-order valence-electron chi connectivity index (χ0n) is 11.4. The Morgan fingerprint density at radius 2 is 1.64 bits per heavy atom. The molecule has 2 aliphatic rings. The second-order valence-electron chi connectivity index (χ2n) is 5.58. The van der Waals surface area contributed by atoms with Crippen molar-refractivity contribution in [2.45, 2.75) is 22.5 Å². The maximum Gasteiger partial charge on any atom is 0.335 e. The van der Waals surface area contributed by atoms with Gasteiger partial charge < -0.3 is 5.11 Å². The van der Waals surface area contributed by atoms with Crippen LogP contribution in [0, 0.1) is 11.8 Å². The van der Waals surface area contributed by atoms with Crippen molar-refractivity contribution in [3.05, 3.63) is 29.8 Å². The van der Waals surface area contributed by atoms with Gasteiger partial charge in [0.25, 0.3) is 0 Å². The molecule has 1 aliphatic heterocycles. The predicted molar refractivity (Wildman–Crippen MR) is 87.5 cm³/mol. The number of rotatable bonds is 2. The van der Waals surface area contributed by atoms with Crippen LogP contribution >= 0.6 is 31.9 Å². The Bertz CT molecular complexity index is 635. The van der Waals surface area contributed by atoms with Crippen LogP contribution in [0.15, 0.2) is 24.3 Å². The van der Waals surface area contributed by atoms with E-state index in [4.69, 9.17) is 5.11 Å². The van der Waals surface area contributed by atoms with Crippen molar-refractivity contribution < 1.29 is 19.5 Å². The van der Waals surface area contributed by atoms with E-state index in [1.54, 1.807) is 12.1 Å². The van der Waals surface area contributed by atoms with Gasteiger partial charge >= 0.3 is 5.97 Å². The van der Waals surface area contributed by atoms with Gasteiger partial charge in [0.2, 0.25) is 11.8 Å². The summed E-state index contributed by atoms with van der Waals surface area (Å²) >= 11 is 7.08. The average molecular weight is 431 g/mol. The zero-order valence-corrected chi connectivity index (χ0v) is 14.6. The first kappa shape index (κ1) is 15.7. The number of aromatic carboxylic acids is 1. The summed E-state index contributed by atoms with van der Waals surface area (Å²) in [6, 6.07) is 5.94. The first-order valence-electron chi connectivity index (χ1n) is 6.89. The molecule has 116 valence electrons. The Morgan fingerprint density at radius 1 is 1.09 bits per heavy atom. The SMILES string of the molecule is O=C(O)c1cccc(N2C(=O)[C@H]3C[C@@H](Br)[C@@H](Br)C[C@H]3C2=O)c1. The summed E-state index contributed by atoms with van der Waals surface area (Å²) in [6.07, 6.45) is 1.19. The first-order chi connectivity index (χ1) is 10.4. The van der Waals surface area contributed by atoms with Crippen molar-refractivity contribution in [3.8, 4) is 0 Å². The second-order valence-corrected chi connectivity index (χ2v) is 7.94. The summed E-state index contributed by atoms with van der Waals surface area (Å²) in [5.41, 5.74) is 0.395. The maximum absolute atomic E-state index is 12.6. The molecule has 3 rings (SSSR count). The fourth-order valence-corrected chi connectivity index (χ4v) is 4.36. The lowest BCUT2D eigenvalue weighted by atomic mass is 9.81. The number of fused-ring (bicyclic) bond motifs is 1. The maximum atomic E-state index is 12.6. The van der Waals surface area contributed by atoms with Crippen LogP contribution in [0.2, 0.25) is 0 Å². The van der Waals surface area contributed by atoms with Crippen molar-refractivity contribution in [2.75, 3.05) is 4.90 Å². The summed E-state index contributed by atoms with van der Waals surface area (Å²) in [6.45, 7) is 0. The van der Waals surface area contributed by atoms with E-state index in [9.17, 15) is 14.4 Å². The molecule has 4 atom stereocenters. The van der Waals surface area contributed by atoms with E-state index in [0.717, 1.165) is 4.90 Å². The third kappa shape index (κ3) is 2.50. The summed E-state index contributed by atoms with van der Waals surface area (Å²) < 4.78 is 0. The van der Waals surface area contributed by atoms with Gasteiger partial charge in [-0.25, -0.2) is 4.79 Å². The normalized spacial score (nSPS) is 31.3. The zero-order chi connectivity index (χ0) is 16.0. The Balaban J connectivity index is 1.95. The van der Waals surface area contributed by atoms with E-state index in [1.165, 1.54) is 12.1 Å². The van der Waals surface area contributed by atoms with Gasteiger partial charge in [-0.2, -0.15) is 0 Å². The fraction of sp³-hybridized carbons (Fsp3) is 0.400. The van der Waals surface area contributed by atoms with E-state index in [2.05, 4.69) is 31.9 Å². The van der Waals surface area contributed by atoms with Crippen molar-refractivity contribution in [3.63, 3.8) is 0 Å². The number of anilines is 1. The molecule has 7 heteroatoms. The van der Waals surface area contributed by atoms with Gasteiger partial charge in [0.05, 0.1) is 23.1 Å². The number of hydrogen-bond acceptors (Lipinski definition) is 3. The number of carboxylic acids is 1. The van der Waals surface area contributed by atoms with Gasteiger partial charge in [-0.3, -0.25) is 14.5 Å². The monoisotopic (exact) mass is 429 g/mol. The number of hydrogen-bond donors (Lipinski definition) is 1. The molecular weight excluding hydrogens is 418 g/mol. The Labute approximate surface area is 143 Å². The number of carbonyl (C=O) groups is 3. The van der Waals surface area contributed by atoms with E-state index < -0.39 is 5.97 Å². The van der Waals surface area contributed by atoms with Crippen LogP contribution in [0.25, 0.3) is 0 Å². The number of imide groups is 1. The van der Waals surface area contributed by atoms with Crippen molar-refractivity contribution >= 4 is 55.3 Å². The summed E-state index contributed by atoms with van der Waals surface area (Å²) in [7, 11) is 0. The highest BCUT2D eigenvalue weighted by molar-refractivity contribution is 9.12. The van der Waals surface area contributed by atoms with Crippen LogP contribution in [-0.4, -0.2) is 32.5 Å². The minimum Gasteiger partial charge on any atom is -0.478 e. The highest BCUT2D eigenvalue weighted by atomic mass is 79.9. The molecule has 2 amide bonds. The largest absolute Gasteiger partial charge is 0.478 e. The van der Waals surface area contributed by atoms with E-state index in [0.29, 0.717) is 18.5 Å². The number of amides is 2. The lowest BCUT2D eigenvalue weighted by molar-refractivity contribution is -0.122. The third-order valence-corrected chi connectivity index (χ3v) is 7.00. The molecule has 0 radical (unpaired) electrons. The molecule has 22 heavy (non-hydrogen) atoms. The van der Waals surface area contributed by atoms with E-state index in [-0.39, 0.29) is 38.9 Å². The molecule has 0 unspecified atom stereocenters. The molecule has 1 saturated heterocycles. The van der Waals surface area contributed by atoms with Crippen molar-refractivity contribution in [2.24, 2.45) is 11.8 Å². The topological polar surface area (TPSA) is 74.7 Å². The van der Waals surface area contributed by atoms with Crippen LogP contribution < -0.4 is 4.90 Å². The van der Waals surface area contributed by atoms with Crippen LogP contribution in [0.1, 0.15) is 23.2 Å². The first-order valence-corrected chi connectivity index (χ1v) is 8.72. The van der Waals surface area contributed by atoms with Gasteiger partial charge in [-0.1, -0.05) is 37.9 Å². The quantitative estimate of drug-likeness (QED) is 0.578. The molecule has 0 spiro atoms. The minimum absolute atomic E-state index is 0.0599. The second kappa shape index (κ2) is 5.77. The highest BCUT2D eigenvalue weighted by Gasteiger charge is 2.52. The highest BCUT2D eigenvalue weighted by Crippen LogP contribution is 2.44. The van der Waals surface area contributed by atoms with E-state index in [1.807, 2.05) is 0 Å². The van der Waals surface area contributed by atoms with Crippen LogP contribution in [0.4, 0.5) is 5.69 Å². The molecule has 1 N–H and O–H groups in total. The smallest absolute Gasteiger partial charge is 0.335 e. The Kier molecular flexibility index (Phi) is 4.11. The molecule has 1 saturated carbocycles. The van der Waals surface area contributed by atoms with Crippen molar-refractivity contribution in [1.29, 1.82) is 0 Å². The molecule has 1 aromatic carbocycles. The number of benzene rings is 1. The lowest BCUT2D eigenvalue weighted by Crippen LogP contribution is -2.34. The molecule has 2 fully saturated rings. The number of alkyl halides is 2. The average Bonchev–Trinajstić information content (AvgIpc) is 2.71. The summed E-state index contributed by atoms with van der Waals surface area (Å²) in [4.78, 5) is 37.7. The summed E-state index contributed by atoms with van der Waals surface area (Å²) in [5, 5.41) is 9.06. The number of carbonyl (C=O) groups excluding carboxylic acids is 2. The number of nitrogens with zero attached hydrogens (tertiary/aromatic N) is 1. The molecular formula is C15H13Br2NO4. The summed E-state index contributed by atoms with van der Waals surface area (Å²) in [5.74, 6) is -2.22. The standard InChI is InChI=1S/C15H13Br2NO4/c16-11-5-9-10(6-12(11)17)14(20)18(13(9)19)8-3-1-2-7(4-8)15(21)22/h1-4,9-12H,5-6H2,(H,21,22)/t9-,10+,11+,12-. The van der Waals surface area contributed by atoms with Crippen molar-refractivity contribution in [1.82, 2.24) is 0 Å². The van der Waals surface area contributed by atoms with Gasteiger partial charge in [0, 0.05) is 9.65 Å². The molecule has 0 aromatic heterocycles. The molecule has 1 aromatic rings. The Hall–Kier alpha value is -1.21. The van der Waals surface area contributed by atoms with Gasteiger partial charge in [0.1, 0.15) is 0 Å². The van der Waals surface area contributed by atoms with Crippen LogP contribution in [-0.2, 0) is 9.59 Å². The number of carboxylic acid groups (broad SMARTS) is 1. The molecule has 1 heterocycles. The minimum atomic E-state index is -1.08. The van der Waals surface area contributed by atoms with Crippen LogP contribution in [0.5, 0.6) is 0 Å². The Morgan fingerprint density at radius 3 is 2.14 bits per heavy atom. The molecule has 0 bridgehead atoms. The predicted octanol–water partition coefficient (Wildman–Crippen LogP) is 2.81. The molecule has 5 nitrogen and oxygen atoms in total. The van der Waals surface area contributed by atoms with Gasteiger partial charge in [-0.05, 0) is 31.0 Å². The number of halogens is 2. The van der Waals surface area contributed by atoms with E-state index >= 15 is 0 Å². The fourth-order valence-electron chi connectivity index (χ4n) is 3.13. The van der Waals surface area contributed by atoms with Crippen LogP contribution in [0.3, 0.4) is 0 Å². The molecule has 1 aliphatic carbocycles. The van der Waals surface area contributed by atoms with Gasteiger partial charge in [-0.15, -0.1) is 0 Å². The van der Waals surface area contributed by atoms with Gasteiger partial charge in [0.15, 0.2) is 0 Å². The third-order valence-electron chi connectivity index (χ3n) is 4.26.